The number of nitrogens with zero attached hydrogens (tertiary/aromatic N) is 2. The molecule has 2 aromatic carbocycles. The van der Waals surface area contributed by atoms with Gasteiger partial charge in [0, 0.05) is 30.4 Å². The van der Waals surface area contributed by atoms with Gasteiger partial charge in [-0.25, -0.2) is 4.98 Å². The van der Waals surface area contributed by atoms with Gasteiger partial charge in [0.15, 0.2) is 0 Å². The molecule has 0 aliphatic carbocycles. The van der Waals surface area contributed by atoms with Crippen LogP contribution in [0.15, 0.2) is 41.3 Å². The van der Waals surface area contributed by atoms with Crippen molar-refractivity contribution >= 4 is 93.3 Å². The van der Waals surface area contributed by atoms with Crippen molar-refractivity contribution in [3.63, 3.8) is 0 Å². The number of rotatable bonds is 14. The summed E-state index contributed by atoms with van der Waals surface area (Å²) in [6.45, 7) is 4.94. The standard InChI is InChI=1S/C29H35IN4O14S4/c1-17-29(2,3)26-20-6-5-18(13-21(20)25(52(46,47)48)16-24(26)34(30-17)9-4-10-49(37,38)39)19-14-22(27(35)31-7-11-50(40,41)42)33-23(15-19)28(36)32-8-12-51(43,44)45/h5-6,13-16H,4,7-12H2,1-3H3,(H,31,35)(H,32,36)(H,37,38,39)(H,40,41,42)(H,43,44,45)(H,46,47,48). The van der Waals surface area contributed by atoms with Crippen LogP contribution >= 0.6 is 21.0 Å². The summed E-state index contributed by atoms with van der Waals surface area (Å²) in [7, 11) is -18.0. The van der Waals surface area contributed by atoms with E-state index in [1.54, 1.807) is 12.1 Å². The first-order valence-electron chi connectivity index (χ1n) is 15.1. The third-order valence-electron chi connectivity index (χ3n) is 8.00. The van der Waals surface area contributed by atoms with Gasteiger partial charge in [-0.1, -0.05) is 26.0 Å². The first-order valence-corrected chi connectivity index (χ1v) is 23.4. The molecule has 0 saturated heterocycles. The second-order valence-corrected chi connectivity index (χ2v) is 21.6. The molecule has 0 saturated carbocycles. The van der Waals surface area contributed by atoms with Gasteiger partial charge in [0.05, 0.1) is 22.9 Å². The number of halogens is 1. The van der Waals surface area contributed by atoms with Gasteiger partial charge >= 0.3 is 0 Å². The number of hydrogen-bond donors (Lipinski definition) is 6. The van der Waals surface area contributed by atoms with E-state index < -0.39 is 125 Å². The first kappa shape index (κ1) is 41.6. The van der Waals surface area contributed by atoms with Gasteiger partial charge in [-0.05, 0) is 84.2 Å². The number of pyridine rings is 1. The Kier molecular flexibility index (Phi) is 12.2. The van der Waals surface area contributed by atoms with Crippen molar-refractivity contribution in [3.05, 3.63) is 53.3 Å². The van der Waals surface area contributed by atoms with Crippen LogP contribution in [0.4, 0.5) is 5.69 Å². The number of carbonyl (C=O) groups is 2. The quantitative estimate of drug-likeness (QED) is 0.0764. The van der Waals surface area contributed by atoms with Gasteiger partial charge in [-0.3, -0.25) is 27.8 Å². The minimum absolute atomic E-state index is 0.0450. The van der Waals surface area contributed by atoms with Gasteiger partial charge in [0.25, 0.3) is 52.3 Å². The Bertz CT molecular complexity index is 2370. The lowest BCUT2D eigenvalue weighted by molar-refractivity contribution is 0.0947. The normalized spacial score (nSPS) is 15.0. The summed E-state index contributed by atoms with van der Waals surface area (Å²) in [6, 6.07) is 8.29. The molecule has 52 heavy (non-hydrogen) atoms. The zero-order valence-corrected chi connectivity index (χ0v) is 33.1. The van der Waals surface area contributed by atoms with E-state index in [9.17, 15) is 52.4 Å². The lowest BCUT2D eigenvalue weighted by Crippen LogP contribution is -2.34. The molecule has 0 radical (unpaired) electrons. The summed E-state index contributed by atoms with van der Waals surface area (Å²) in [5.41, 5.74) is 0.0541. The van der Waals surface area contributed by atoms with Gasteiger partial charge in [0.1, 0.15) is 16.3 Å². The van der Waals surface area contributed by atoms with Crippen LogP contribution in [0.2, 0.25) is 0 Å². The smallest absolute Gasteiger partial charge is 0.295 e. The van der Waals surface area contributed by atoms with Crippen LogP contribution in [0.25, 0.3) is 21.9 Å². The molecule has 0 spiro atoms. The molecule has 0 atom stereocenters. The third kappa shape index (κ3) is 10.5. The van der Waals surface area contributed by atoms with Gasteiger partial charge in [-0.15, -0.1) is 0 Å². The van der Waals surface area contributed by atoms with E-state index >= 15 is 0 Å². The highest BCUT2D eigenvalue weighted by atomic mass is 127. The molecule has 1 aliphatic heterocycles. The largest absolute Gasteiger partial charge is 0.350 e. The fraction of sp³-hybridized carbons (Fsp3) is 0.379. The molecule has 6 N–H and O–H groups in total. The molecular formula is C29H35IN4O14S4. The highest BCUT2D eigenvalue weighted by molar-refractivity contribution is 14.2. The van der Waals surface area contributed by atoms with Gasteiger partial charge < -0.3 is 13.7 Å². The van der Waals surface area contributed by atoms with Crippen molar-refractivity contribution in [2.75, 3.05) is 40.0 Å². The Morgan fingerprint density at radius 2 is 1.27 bits per heavy atom. The van der Waals surface area contributed by atoms with Gasteiger partial charge in [-0.2, -0.15) is 33.7 Å². The molecule has 4 rings (SSSR count). The lowest BCUT2D eigenvalue weighted by atomic mass is 9.78. The van der Waals surface area contributed by atoms with Crippen molar-refractivity contribution in [2.24, 2.45) is 0 Å². The molecule has 23 heteroatoms. The van der Waals surface area contributed by atoms with Crippen molar-refractivity contribution in [1.82, 2.24) is 15.6 Å². The van der Waals surface area contributed by atoms with E-state index in [-0.39, 0.29) is 29.5 Å². The van der Waals surface area contributed by atoms with Crippen LogP contribution in [0.3, 0.4) is 0 Å². The summed E-state index contributed by atoms with van der Waals surface area (Å²) in [4.78, 5) is 29.5. The summed E-state index contributed by atoms with van der Waals surface area (Å²) in [5.74, 6) is -4.10. The number of hydrogen-bond acceptors (Lipinski definition) is 12. The second kappa shape index (κ2) is 15.3. The predicted octanol–water partition coefficient (Wildman–Crippen LogP) is 1.84. The Morgan fingerprint density at radius 1 is 0.750 bits per heavy atom. The fourth-order valence-electron chi connectivity index (χ4n) is 5.34. The van der Waals surface area contributed by atoms with Crippen molar-refractivity contribution in [2.45, 2.75) is 37.5 Å². The number of amides is 2. The molecule has 2 heterocycles. The molecule has 0 bridgehead atoms. The van der Waals surface area contributed by atoms with Crippen molar-refractivity contribution in [1.29, 1.82) is 0 Å². The van der Waals surface area contributed by atoms with E-state index in [4.69, 9.17) is 9.11 Å². The van der Waals surface area contributed by atoms with Gasteiger partial charge in [0.2, 0.25) is 0 Å². The molecular weight excluding hydrogens is 884 g/mol. The van der Waals surface area contributed by atoms with Crippen LogP contribution in [0, 0.1) is 0 Å². The molecule has 286 valence electrons. The van der Waals surface area contributed by atoms with Crippen molar-refractivity contribution < 1.29 is 61.5 Å². The average molecular weight is 919 g/mol. The number of aromatic nitrogens is 1. The number of fused-ring (bicyclic) bond motifs is 3. The summed E-state index contributed by atoms with van der Waals surface area (Å²) in [5, 5.41) is 4.98. The zero-order valence-electron chi connectivity index (χ0n) is 27.7. The maximum Gasteiger partial charge on any atom is 0.295 e. The molecule has 0 fully saturated rings. The van der Waals surface area contributed by atoms with Crippen LogP contribution in [0.1, 0.15) is 53.7 Å². The molecule has 0 unspecified atom stereocenters. The Morgan fingerprint density at radius 3 is 1.75 bits per heavy atom. The Balaban J connectivity index is 1.90. The monoisotopic (exact) mass is 918 g/mol. The first-order chi connectivity index (χ1) is 23.8. The van der Waals surface area contributed by atoms with E-state index in [2.05, 4.69) is 15.6 Å². The molecule has 1 aliphatic rings. The number of benzene rings is 2. The molecule has 18 nitrogen and oxygen atoms in total. The summed E-state index contributed by atoms with van der Waals surface area (Å²) in [6.07, 6.45) is 0.0450. The minimum atomic E-state index is -4.90. The zero-order chi connectivity index (χ0) is 39.0. The summed E-state index contributed by atoms with van der Waals surface area (Å²) < 4.78 is 134. The average Bonchev–Trinajstić information content (AvgIpc) is 2.99. The highest BCUT2D eigenvalue weighted by Crippen LogP contribution is 2.49. The maximum atomic E-state index is 13.0. The maximum absolute atomic E-state index is 13.0. The number of nitrogens with one attached hydrogen (secondary N) is 2. The van der Waals surface area contributed by atoms with E-state index in [0.29, 0.717) is 16.6 Å². The predicted molar refractivity (Wildman–Crippen MR) is 201 cm³/mol. The minimum Gasteiger partial charge on any atom is -0.350 e. The topological polar surface area (TPSA) is 292 Å². The van der Waals surface area contributed by atoms with Crippen LogP contribution < -0.4 is 13.7 Å². The Labute approximate surface area is 310 Å². The lowest BCUT2D eigenvalue weighted by Gasteiger charge is -2.39. The van der Waals surface area contributed by atoms with Crippen LogP contribution in [0.5, 0.6) is 0 Å². The van der Waals surface area contributed by atoms with Crippen LogP contribution in [-0.4, -0.2) is 109 Å². The summed E-state index contributed by atoms with van der Waals surface area (Å²) >= 11 is -0.915. The molecule has 3 aromatic rings. The van der Waals surface area contributed by atoms with E-state index in [1.165, 1.54) is 24.3 Å². The second-order valence-electron chi connectivity index (χ2n) is 12.2. The highest BCUT2D eigenvalue weighted by Gasteiger charge is 2.36. The van der Waals surface area contributed by atoms with Crippen LogP contribution in [-0.2, 0) is 45.9 Å². The molecule has 1 aromatic heterocycles. The number of anilines is 1. The third-order valence-corrected chi connectivity index (χ3v) is 14.8. The SMILES string of the molecule is CC1=IN(CCCS(=O)(=O)O)c2cc(S(=O)(=O)O)c3cc(-c4cc(C(=O)NCCS(=O)(=O)O)nc(C(=O)NCCS(=O)(=O)O)c4)ccc3c2C1(C)C. The Hall–Kier alpha value is -3.17. The fourth-order valence-corrected chi connectivity index (χ4v) is 10.2. The molecule has 2 amide bonds. The van der Waals surface area contributed by atoms with Crippen molar-refractivity contribution in [3.8, 4) is 11.1 Å². The number of carbonyl (C=O) groups excluding carboxylic acids is 2. The van der Waals surface area contributed by atoms with E-state index in [0.717, 1.165) is 3.51 Å². The van der Waals surface area contributed by atoms with E-state index in [1.807, 2.05) is 23.9 Å².